The molecule has 156 valence electrons. The van der Waals surface area contributed by atoms with Crippen LogP contribution in [0.4, 0.5) is 11.4 Å². The number of rotatable bonds is 4. The fourth-order valence-corrected chi connectivity index (χ4v) is 3.82. The van der Waals surface area contributed by atoms with Gasteiger partial charge in [0.05, 0.1) is 0 Å². The first-order valence-electron chi connectivity index (χ1n) is 10.4. The first-order chi connectivity index (χ1) is 14.9. The van der Waals surface area contributed by atoms with Crippen LogP contribution in [-0.4, -0.2) is 24.1 Å². The highest BCUT2D eigenvalue weighted by Crippen LogP contribution is 2.30. The fourth-order valence-electron chi connectivity index (χ4n) is 3.82. The number of carbonyl (C=O) groups excluding carboxylic acids is 3. The first-order valence-corrected chi connectivity index (χ1v) is 10.4. The molecule has 0 unspecified atom stereocenters. The maximum absolute atomic E-state index is 13.0. The topological polar surface area (TPSA) is 66.5 Å². The molecule has 3 aromatic carbocycles. The lowest BCUT2D eigenvalue weighted by Gasteiger charge is -2.30. The maximum atomic E-state index is 13.0. The van der Waals surface area contributed by atoms with Crippen molar-refractivity contribution in [2.75, 3.05) is 16.8 Å². The van der Waals surface area contributed by atoms with E-state index in [1.165, 1.54) is 6.92 Å². The van der Waals surface area contributed by atoms with E-state index in [1.54, 1.807) is 35.2 Å². The monoisotopic (exact) mass is 412 g/mol. The molecule has 5 nitrogen and oxygen atoms in total. The number of fused-ring (bicyclic) bond motifs is 1. The van der Waals surface area contributed by atoms with Crippen LogP contribution in [0.15, 0.2) is 66.7 Å². The van der Waals surface area contributed by atoms with Crippen LogP contribution in [0.2, 0.25) is 0 Å². The van der Waals surface area contributed by atoms with Crippen molar-refractivity contribution in [3.05, 3.63) is 94.5 Å². The summed E-state index contributed by atoms with van der Waals surface area (Å²) in [6.07, 6.45) is 1.66. The third-order valence-electron chi connectivity index (χ3n) is 5.53. The van der Waals surface area contributed by atoms with E-state index in [1.807, 2.05) is 43.3 Å². The van der Waals surface area contributed by atoms with Crippen LogP contribution < -0.4 is 10.2 Å². The molecule has 31 heavy (non-hydrogen) atoms. The zero-order chi connectivity index (χ0) is 22.0. The van der Waals surface area contributed by atoms with Gasteiger partial charge in [-0.1, -0.05) is 29.8 Å². The Morgan fingerprint density at radius 2 is 1.61 bits per heavy atom. The second-order valence-electron chi connectivity index (χ2n) is 7.86. The van der Waals surface area contributed by atoms with Gasteiger partial charge in [-0.15, -0.1) is 0 Å². The number of hydrogen-bond acceptors (Lipinski definition) is 3. The molecule has 1 aliphatic rings. The van der Waals surface area contributed by atoms with Gasteiger partial charge in [-0.25, -0.2) is 0 Å². The molecule has 0 atom stereocenters. The molecular weight excluding hydrogens is 388 g/mol. The van der Waals surface area contributed by atoms with E-state index in [0.717, 1.165) is 29.7 Å². The third-order valence-corrected chi connectivity index (χ3v) is 5.53. The molecule has 0 aliphatic carbocycles. The molecule has 0 radical (unpaired) electrons. The number of nitrogens with one attached hydrogen (secondary N) is 1. The van der Waals surface area contributed by atoms with Crippen LogP contribution in [0, 0.1) is 6.92 Å². The molecule has 2 amide bonds. The summed E-state index contributed by atoms with van der Waals surface area (Å²) in [5, 5.41) is 2.85. The largest absolute Gasteiger partial charge is 0.322 e. The number of anilines is 2. The molecule has 1 heterocycles. The molecule has 0 aromatic heterocycles. The Balaban J connectivity index is 1.56. The van der Waals surface area contributed by atoms with E-state index in [0.29, 0.717) is 28.9 Å². The van der Waals surface area contributed by atoms with Gasteiger partial charge in [-0.2, -0.15) is 0 Å². The summed E-state index contributed by atoms with van der Waals surface area (Å²) < 4.78 is 0. The van der Waals surface area contributed by atoms with E-state index in [-0.39, 0.29) is 17.6 Å². The summed E-state index contributed by atoms with van der Waals surface area (Å²) in [4.78, 5) is 39.2. The van der Waals surface area contributed by atoms with Gasteiger partial charge in [0.1, 0.15) is 0 Å². The predicted molar refractivity (Wildman–Crippen MR) is 122 cm³/mol. The Labute approximate surface area is 181 Å². The molecule has 0 bridgehead atoms. The highest BCUT2D eigenvalue weighted by molar-refractivity contribution is 6.08. The number of nitrogens with zero attached hydrogens (tertiary/aromatic N) is 1. The average Bonchev–Trinajstić information content (AvgIpc) is 2.78. The lowest BCUT2D eigenvalue weighted by molar-refractivity contribution is 0.0982. The van der Waals surface area contributed by atoms with E-state index in [2.05, 4.69) is 5.32 Å². The summed E-state index contributed by atoms with van der Waals surface area (Å²) in [5.74, 6) is -0.326. The van der Waals surface area contributed by atoms with Crippen molar-refractivity contribution >= 4 is 29.0 Å². The summed E-state index contributed by atoms with van der Waals surface area (Å²) in [5.41, 5.74) is 5.26. The van der Waals surface area contributed by atoms with Gasteiger partial charge in [0.15, 0.2) is 5.78 Å². The van der Waals surface area contributed by atoms with Crippen molar-refractivity contribution in [2.45, 2.75) is 26.7 Å². The van der Waals surface area contributed by atoms with Crippen molar-refractivity contribution in [2.24, 2.45) is 0 Å². The van der Waals surface area contributed by atoms with Gasteiger partial charge in [0, 0.05) is 34.6 Å². The summed E-state index contributed by atoms with van der Waals surface area (Å²) in [6, 6.07) is 19.9. The van der Waals surface area contributed by atoms with Crippen LogP contribution in [0.25, 0.3) is 0 Å². The van der Waals surface area contributed by atoms with Crippen molar-refractivity contribution in [3.8, 4) is 0 Å². The van der Waals surface area contributed by atoms with Gasteiger partial charge in [-0.3, -0.25) is 14.4 Å². The molecule has 1 N–H and O–H groups in total. The van der Waals surface area contributed by atoms with E-state index < -0.39 is 0 Å². The zero-order valence-electron chi connectivity index (χ0n) is 17.6. The van der Waals surface area contributed by atoms with Gasteiger partial charge in [0.2, 0.25) is 0 Å². The minimum atomic E-state index is -0.245. The summed E-state index contributed by atoms with van der Waals surface area (Å²) in [6.45, 7) is 4.14. The van der Waals surface area contributed by atoms with Crippen LogP contribution >= 0.6 is 0 Å². The molecule has 4 rings (SSSR count). The SMILES string of the molecule is CC(=O)c1cccc(NC(=O)c2ccc3c(c2)CCCN3C(=O)c2ccc(C)cc2)c1. The minimum absolute atomic E-state index is 0.0285. The highest BCUT2D eigenvalue weighted by atomic mass is 16.2. The Morgan fingerprint density at radius 1 is 0.871 bits per heavy atom. The number of hydrogen-bond donors (Lipinski definition) is 1. The van der Waals surface area contributed by atoms with Crippen molar-refractivity contribution in [1.82, 2.24) is 0 Å². The molecule has 0 saturated heterocycles. The van der Waals surface area contributed by atoms with Crippen LogP contribution in [0.5, 0.6) is 0 Å². The quantitative estimate of drug-likeness (QED) is 0.610. The molecule has 5 heteroatoms. The number of benzene rings is 3. The third kappa shape index (κ3) is 4.40. The van der Waals surface area contributed by atoms with E-state index >= 15 is 0 Å². The maximum Gasteiger partial charge on any atom is 0.258 e. The van der Waals surface area contributed by atoms with Gasteiger partial charge >= 0.3 is 0 Å². The van der Waals surface area contributed by atoms with Gasteiger partial charge in [-0.05, 0) is 74.7 Å². The molecule has 3 aromatic rings. The number of amides is 2. The lowest BCUT2D eigenvalue weighted by Crippen LogP contribution is -2.35. The minimum Gasteiger partial charge on any atom is -0.322 e. The Bertz CT molecular complexity index is 1170. The van der Waals surface area contributed by atoms with Crippen molar-refractivity contribution in [3.63, 3.8) is 0 Å². The Morgan fingerprint density at radius 3 is 2.35 bits per heavy atom. The van der Waals surface area contributed by atoms with Crippen LogP contribution in [0.3, 0.4) is 0 Å². The molecule has 0 fully saturated rings. The van der Waals surface area contributed by atoms with Crippen LogP contribution in [0.1, 0.15) is 55.5 Å². The van der Waals surface area contributed by atoms with Crippen LogP contribution in [-0.2, 0) is 6.42 Å². The summed E-state index contributed by atoms with van der Waals surface area (Å²) >= 11 is 0. The number of aryl methyl sites for hydroxylation is 2. The van der Waals surface area contributed by atoms with E-state index in [9.17, 15) is 14.4 Å². The molecule has 0 saturated carbocycles. The van der Waals surface area contributed by atoms with E-state index in [4.69, 9.17) is 0 Å². The highest BCUT2D eigenvalue weighted by Gasteiger charge is 2.24. The van der Waals surface area contributed by atoms with Gasteiger partial charge in [0.25, 0.3) is 11.8 Å². The average molecular weight is 412 g/mol. The zero-order valence-corrected chi connectivity index (χ0v) is 17.6. The molecule has 0 spiro atoms. The first kappa shape index (κ1) is 20.5. The number of Topliss-reactive ketones (excluding diaryl/α,β-unsaturated/α-hetero) is 1. The predicted octanol–water partition coefficient (Wildman–Crippen LogP) is 5.04. The van der Waals surface area contributed by atoms with Gasteiger partial charge < -0.3 is 10.2 Å². The van der Waals surface area contributed by atoms with Crippen molar-refractivity contribution in [1.29, 1.82) is 0 Å². The number of ketones is 1. The number of carbonyl (C=O) groups is 3. The molecule has 1 aliphatic heterocycles. The second-order valence-corrected chi connectivity index (χ2v) is 7.86. The lowest BCUT2D eigenvalue weighted by atomic mass is 9.98. The standard InChI is InChI=1S/C26H24N2O3/c1-17-8-10-19(11-9-17)26(31)28-14-4-6-21-15-22(12-13-24(21)28)25(30)27-23-7-3-5-20(16-23)18(2)29/h3,5,7-13,15-16H,4,6,14H2,1-2H3,(H,27,30). The normalized spacial score (nSPS) is 12.8. The second kappa shape index (κ2) is 8.56. The fraction of sp³-hybridized carbons (Fsp3) is 0.192. The smallest absolute Gasteiger partial charge is 0.258 e. The molecular formula is C26H24N2O3. The Hall–Kier alpha value is -3.73. The van der Waals surface area contributed by atoms with Crippen molar-refractivity contribution < 1.29 is 14.4 Å². The Kier molecular flexibility index (Phi) is 5.67. The summed E-state index contributed by atoms with van der Waals surface area (Å²) in [7, 11) is 0.